The molecule has 0 radical (unpaired) electrons. The average Bonchev–Trinajstić information content (AvgIpc) is 2.63. The Labute approximate surface area is 134 Å². The predicted octanol–water partition coefficient (Wildman–Crippen LogP) is 5.94. The maximum atomic E-state index is 2.88. The molecule has 0 amide bonds. The van der Waals surface area contributed by atoms with E-state index in [1.54, 1.807) is 21.9 Å². The van der Waals surface area contributed by atoms with Crippen molar-refractivity contribution in [1.29, 1.82) is 0 Å². The second-order valence-electron chi connectivity index (χ2n) is 7.32. The minimum absolute atomic E-state index is 0.664. The summed E-state index contributed by atoms with van der Waals surface area (Å²) in [5.41, 5.74) is 4.77. The van der Waals surface area contributed by atoms with Crippen LogP contribution in [0.15, 0.2) is 21.9 Å². The maximum Gasteiger partial charge on any atom is 0.150 e. The van der Waals surface area contributed by atoms with Gasteiger partial charge in [0.1, 0.15) is 0 Å². The third-order valence-electron chi connectivity index (χ3n) is 5.65. The van der Waals surface area contributed by atoms with Crippen molar-refractivity contribution < 1.29 is 0 Å². The SMILES string of the molecule is CCCCN(CCCC)[Si](C)(C)C1=C(C)C(C)=C(C)C1C. The second-order valence-corrected chi connectivity index (χ2v) is 11.6. The molecule has 0 heterocycles. The molecule has 0 fully saturated rings. The first-order valence-electron chi connectivity index (χ1n) is 8.92. The number of hydrogen-bond donors (Lipinski definition) is 0. The van der Waals surface area contributed by atoms with E-state index in [9.17, 15) is 0 Å². The van der Waals surface area contributed by atoms with Crippen molar-refractivity contribution in [2.24, 2.45) is 5.92 Å². The van der Waals surface area contributed by atoms with Crippen LogP contribution in [-0.4, -0.2) is 25.9 Å². The molecule has 1 nitrogen and oxygen atoms in total. The van der Waals surface area contributed by atoms with Gasteiger partial charge < -0.3 is 4.57 Å². The first-order valence-corrected chi connectivity index (χ1v) is 11.9. The van der Waals surface area contributed by atoms with Gasteiger partial charge in [-0.05, 0) is 58.2 Å². The van der Waals surface area contributed by atoms with Crippen molar-refractivity contribution in [2.75, 3.05) is 13.1 Å². The summed E-state index contributed by atoms with van der Waals surface area (Å²) in [7, 11) is -1.51. The van der Waals surface area contributed by atoms with Crippen molar-refractivity contribution in [3.05, 3.63) is 21.9 Å². The van der Waals surface area contributed by atoms with Crippen LogP contribution in [0.1, 0.15) is 67.2 Å². The molecule has 0 spiro atoms. The molecule has 1 atom stereocenters. The van der Waals surface area contributed by atoms with Crippen LogP contribution in [0, 0.1) is 5.92 Å². The van der Waals surface area contributed by atoms with E-state index in [4.69, 9.17) is 0 Å². The van der Waals surface area contributed by atoms with Crippen LogP contribution < -0.4 is 0 Å². The van der Waals surface area contributed by atoms with E-state index in [-0.39, 0.29) is 0 Å². The Balaban J connectivity index is 3.05. The van der Waals surface area contributed by atoms with Crippen molar-refractivity contribution in [3.63, 3.8) is 0 Å². The van der Waals surface area contributed by atoms with E-state index in [0.29, 0.717) is 5.92 Å². The molecule has 0 aliphatic heterocycles. The van der Waals surface area contributed by atoms with E-state index >= 15 is 0 Å². The number of hydrogen-bond acceptors (Lipinski definition) is 1. The molecule has 0 bridgehead atoms. The Morgan fingerprint density at radius 3 is 1.71 bits per heavy atom. The lowest BCUT2D eigenvalue weighted by Crippen LogP contribution is -2.52. The van der Waals surface area contributed by atoms with Crippen LogP contribution in [-0.2, 0) is 0 Å². The molecule has 21 heavy (non-hydrogen) atoms. The third-order valence-corrected chi connectivity index (χ3v) is 9.81. The van der Waals surface area contributed by atoms with Gasteiger partial charge in [-0.25, -0.2) is 0 Å². The van der Waals surface area contributed by atoms with Gasteiger partial charge in [-0.3, -0.25) is 0 Å². The Hall–Kier alpha value is -0.343. The highest BCUT2D eigenvalue weighted by Crippen LogP contribution is 2.42. The fourth-order valence-corrected chi connectivity index (χ4v) is 8.05. The van der Waals surface area contributed by atoms with E-state index in [1.807, 2.05) is 0 Å². The average molecular weight is 308 g/mol. The summed E-state index contributed by atoms with van der Waals surface area (Å²) in [4.78, 5) is 0. The predicted molar refractivity (Wildman–Crippen MR) is 99.1 cm³/mol. The summed E-state index contributed by atoms with van der Waals surface area (Å²) in [6.45, 7) is 21.8. The fraction of sp³-hybridized carbons (Fsp3) is 0.789. The molecule has 1 aliphatic carbocycles. The Morgan fingerprint density at radius 2 is 1.38 bits per heavy atom. The van der Waals surface area contributed by atoms with Crippen LogP contribution in [0.3, 0.4) is 0 Å². The van der Waals surface area contributed by atoms with Gasteiger partial charge in [-0.2, -0.15) is 0 Å². The van der Waals surface area contributed by atoms with Gasteiger partial charge in [0.25, 0.3) is 0 Å². The minimum atomic E-state index is -1.51. The molecule has 0 aromatic carbocycles. The molecule has 0 N–H and O–H groups in total. The lowest BCUT2D eigenvalue weighted by molar-refractivity contribution is 0.401. The number of rotatable bonds is 8. The highest BCUT2D eigenvalue weighted by atomic mass is 28.3. The molecular formula is C19H37NSi. The van der Waals surface area contributed by atoms with Crippen molar-refractivity contribution in [1.82, 2.24) is 4.57 Å². The van der Waals surface area contributed by atoms with E-state index < -0.39 is 8.24 Å². The molecule has 0 aromatic rings. The summed E-state index contributed by atoms with van der Waals surface area (Å²) < 4.78 is 2.88. The molecule has 1 rings (SSSR count). The van der Waals surface area contributed by atoms with Gasteiger partial charge in [0, 0.05) is 0 Å². The lowest BCUT2D eigenvalue weighted by atomic mass is 10.1. The highest BCUT2D eigenvalue weighted by molar-refractivity contribution is 6.82. The second kappa shape index (κ2) is 7.78. The first-order chi connectivity index (χ1) is 9.78. The van der Waals surface area contributed by atoms with Gasteiger partial charge in [-0.1, -0.05) is 63.0 Å². The summed E-state index contributed by atoms with van der Waals surface area (Å²) in [6, 6.07) is 0. The topological polar surface area (TPSA) is 3.24 Å². The summed E-state index contributed by atoms with van der Waals surface area (Å²) >= 11 is 0. The van der Waals surface area contributed by atoms with Gasteiger partial charge in [0.2, 0.25) is 0 Å². The molecule has 0 saturated heterocycles. The molecule has 0 aromatic heterocycles. The van der Waals surface area contributed by atoms with Crippen LogP contribution >= 0.6 is 0 Å². The van der Waals surface area contributed by atoms with Crippen molar-refractivity contribution in [3.8, 4) is 0 Å². The molecule has 0 saturated carbocycles. The van der Waals surface area contributed by atoms with E-state index in [0.717, 1.165) is 0 Å². The number of unbranched alkanes of at least 4 members (excludes halogenated alkanes) is 2. The zero-order valence-electron chi connectivity index (χ0n) is 15.8. The summed E-state index contributed by atoms with van der Waals surface area (Å²) in [5, 5.41) is 1.80. The normalized spacial score (nSPS) is 20.1. The van der Waals surface area contributed by atoms with Crippen LogP contribution in [0.5, 0.6) is 0 Å². The monoisotopic (exact) mass is 307 g/mol. The number of allylic oxidation sites excluding steroid dienone is 4. The molecule has 2 heteroatoms. The zero-order chi connectivity index (χ0) is 16.2. The van der Waals surface area contributed by atoms with Gasteiger partial charge in [0.05, 0.1) is 0 Å². The lowest BCUT2D eigenvalue weighted by Gasteiger charge is -2.41. The molecular weight excluding hydrogens is 270 g/mol. The van der Waals surface area contributed by atoms with Gasteiger partial charge in [0.15, 0.2) is 8.24 Å². The molecule has 1 aliphatic rings. The molecule has 122 valence electrons. The third kappa shape index (κ3) is 3.90. The molecule has 1 unspecified atom stereocenters. The fourth-order valence-electron chi connectivity index (χ4n) is 3.89. The Bertz CT molecular complexity index is 409. The van der Waals surface area contributed by atoms with Gasteiger partial charge >= 0.3 is 0 Å². The Kier molecular flexibility index (Phi) is 6.93. The van der Waals surface area contributed by atoms with Crippen molar-refractivity contribution in [2.45, 2.75) is 80.3 Å². The maximum absolute atomic E-state index is 2.88. The number of nitrogens with zero attached hydrogens (tertiary/aromatic N) is 1. The quantitative estimate of drug-likeness (QED) is 0.502. The summed E-state index contributed by atoms with van der Waals surface area (Å²) in [6.07, 6.45) is 5.28. The standard InChI is InChI=1S/C19H37NSi/c1-9-11-13-20(14-12-10-2)21(7,8)19-17(5)15(3)16(4)18(19)6/h17H,9-14H2,1-8H3. The van der Waals surface area contributed by atoms with Crippen LogP contribution in [0.4, 0.5) is 0 Å². The summed E-state index contributed by atoms with van der Waals surface area (Å²) in [5.74, 6) is 0.664. The van der Waals surface area contributed by atoms with Crippen LogP contribution in [0.25, 0.3) is 0 Å². The minimum Gasteiger partial charge on any atom is -0.320 e. The first kappa shape index (κ1) is 18.7. The van der Waals surface area contributed by atoms with E-state index in [2.05, 4.69) is 59.2 Å². The smallest absolute Gasteiger partial charge is 0.150 e. The van der Waals surface area contributed by atoms with Crippen molar-refractivity contribution >= 4 is 8.24 Å². The highest BCUT2D eigenvalue weighted by Gasteiger charge is 2.40. The van der Waals surface area contributed by atoms with E-state index in [1.165, 1.54) is 38.8 Å². The van der Waals surface area contributed by atoms with Gasteiger partial charge in [-0.15, -0.1) is 0 Å². The zero-order valence-corrected chi connectivity index (χ0v) is 16.8. The van der Waals surface area contributed by atoms with Crippen LogP contribution in [0.2, 0.25) is 13.1 Å². The largest absolute Gasteiger partial charge is 0.320 e. The Morgan fingerprint density at radius 1 is 0.905 bits per heavy atom.